The molecule has 0 saturated carbocycles. The average molecular weight is 388 g/mol. The molecule has 1 aliphatic rings. The van der Waals surface area contributed by atoms with Crippen molar-refractivity contribution in [2.75, 3.05) is 18.1 Å². The second-order valence-corrected chi connectivity index (χ2v) is 8.92. The molecule has 1 aromatic heterocycles. The largest absolute Gasteiger partial charge is 0.452 e. The Bertz CT molecular complexity index is 828. The summed E-state index contributed by atoms with van der Waals surface area (Å²) in [6, 6.07) is 11.8. The minimum absolute atomic E-state index is 0.194. The van der Waals surface area contributed by atoms with E-state index in [0.717, 1.165) is 21.9 Å². The summed E-state index contributed by atoms with van der Waals surface area (Å²) >= 11 is 3.37. The van der Waals surface area contributed by atoms with Gasteiger partial charge in [0.2, 0.25) is 0 Å². The number of amides is 1. The number of hydrogen-bond donors (Lipinski definition) is 0. The molecule has 0 spiro atoms. The van der Waals surface area contributed by atoms with Crippen molar-refractivity contribution in [3.63, 3.8) is 0 Å². The number of rotatable bonds is 4. The van der Waals surface area contributed by atoms with Crippen LogP contribution in [-0.4, -0.2) is 30.3 Å². The van der Waals surface area contributed by atoms with Gasteiger partial charge in [0, 0.05) is 32.5 Å². The number of ether oxygens (including phenoxy) is 1. The number of anilines is 1. The number of hydrogen-bond acceptors (Lipinski definition) is 5. The van der Waals surface area contributed by atoms with E-state index >= 15 is 0 Å². The van der Waals surface area contributed by atoms with Gasteiger partial charge in [-0.05, 0) is 43.7 Å². The lowest BCUT2D eigenvalue weighted by Crippen LogP contribution is -2.35. The Kier molecular flexibility index (Phi) is 6.16. The van der Waals surface area contributed by atoms with Crippen LogP contribution in [0.25, 0.3) is 6.08 Å². The summed E-state index contributed by atoms with van der Waals surface area (Å²) < 4.78 is 5.15. The number of thiophene rings is 1. The number of thioether (sulfide) groups is 1. The zero-order valence-electron chi connectivity index (χ0n) is 14.8. The van der Waals surface area contributed by atoms with E-state index in [1.165, 1.54) is 11.0 Å². The molecule has 1 unspecified atom stereocenters. The second kappa shape index (κ2) is 8.56. The van der Waals surface area contributed by atoms with Gasteiger partial charge < -0.3 is 9.64 Å². The zero-order chi connectivity index (χ0) is 18.5. The maximum atomic E-state index is 12.6. The molecule has 1 amide bonds. The summed E-state index contributed by atoms with van der Waals surface area (Å²) in [4.78, 5) is 29.5. The van der Waals surface area contributed by atoms with Gasteiger partial charge in [-0.2, -0.15) is 0 Å². The van der Waals surface area contributed by atoms with Gasteiger partial charge in [0.05, 0.1) is 5.69 Å². The van der Waals surface area contributed by atoms with Crippen molar-refractivity contribution in [2.45, 2.75) is 30.4 Å². The van der Waals surface area contributed by atoms with Crippen LogP contribution < -0.4 is 4.90 Å². The fraction of sp³-hybridized carbons (Fsp3) is 0.300. The summed E-state index contributed by atoms with van der Waals surface area (Å²) in [6.45, 7) is 4.55. The monoisotopic (exact) mass is 387 g/mol. The van der Waals surface area contributed by atoms with Gasteiger partial charge in [-0.1, -0.05) is 19.1 Å². The molecule has 136 valence electrons. The van der Waals surface area contributed by atoms with E-state index in [0.29, 0.717) is 11.8 Å². The molecule has 0 fully saturated rings. The minimum atomic E-state index is -0.504. The number of fused-ring (bicyclic) bond motifs is 1. The molecule has 3 rings (SSSR count). The Hall–Kier alpha value is -2.05. The molecule has 1 aromatic carbocycles. The Morgan fingerprint density at radius 3 is 2.85 bits per heavy atom. The summed E-state index contributed by atoms with van der Waals surface area (Å²) in [5, 5.41) is 0.439. The molecule has 2 heterocycles. The van der Waals surface area contributed by atoms with Gasteiger partial charge in [0.25, 0.3) is 5.91 Å². The lowest BCUT2D eigenvalue weighted by molar-refractivity contribution is -0.142. The number of carbonyl (C=O) groups excluding carboxylic acids is 2. The van der Waals surface area contributed by atoms with Crippen LogP contribution >= 0.6 is 23.1 Å². The van der Waals surface area contributed by atoms with Crippen LogP contribution in [0.1, 0.15) is 23.1 Å². The van der Waals surface area contributed by atoms with Gasteiger partial charge in [0.1, 0.15) is 0 Å². The van der Waals surface area contributed by atoms with Gasteiger partial charge in [-0.25, -0.2) is 4.79 Å². The molecular weight excluding hydrogens is 366 g/mol. The maximum absolute atomic E-state index is 12.6. The number of esters is 1. The first-order valence-corrected chi connectivity index (χ1v) is 10.2. The Morgan fingerprint density at radius 1 is 1.27 bits per heavy atom. The Labute approximate surface area is 161 Å². The highest BCUT2D eigenvalue weighted by atomic mass is 32.2. The third kappa shape index (κ3) is 4.77. The molecule has 1 aliphatic heterocycles. The molecule has 0 aliphatic carbocycles. The number of aryl methyl sites for hydroxylation is 1. The first kappa shape index (κ1) is 18.7. The quantitative estimate of drug-likeness (QED) is 0.571. The lowest BCUT2D eigenvalue weighted by atomic mass is 10.2. The summed E-state index contributed by atoms with van der Waals surface area (Å²) in [5.41, 5.74) is 0.896. The highest BCUT2D eigenvalue weighted by Gasteiger charge is 2.24. The molecule has 0 saturated heterocycles. The molecule has 4 nitrogen and oxygen atoms in total. The highest BCUT2D eigenvalue weighted by molar-refractivity contribution is 8.00. The summed E-state index contributed by atoms with van der Waals surface area (Å²) in [6.07, 6.45) is 3.98. The number of carbonyl (C=O) groups is 2. The minimum Gasteiger partial charge on any atom is -0.452 e. The van der Waals surface area contributed by atoms with E-state index < -0.39 is 5.97 Å². The molecular formula is C20H21NO3S2. The van der Waals surface area contributed by atoms with Crippen molar-refractivity contribution in [3.05, 3.63) is 52.2 Å². The predicted molar refractivity (Wildman–Crippen MR) is 108 cm³/mol. The van der Waals surface area contributed by atoms with Crippen LogP contribution in [0.4, 0.5) is 5.69 Å². The van der Waals surface area contributed by atoms with E-state index in [2.05, 4.69) is 6.92 Å². The standard InChI is InChI=1S/C20H21NO3S2/c1-14-7-8-16(25-14)9-10-20(23)24-13-19(22)21-12-11-15(2)26-18-6-4-3-5-17(18)21/h3-10,15H,11-13H2,1-2H3/b10-9+. The van der Waals surface area contributed by atoms with Gasteiger partial charge >= 0.3 is 5.97 Å². The van der Waals surface area contributed by atoms with Gasteiger partial charge in [-0.15, -0.1) is 23.1 Å². The van der Waals surface area contributed by atoms with Gasteiger partial charge in [-0.3, -0.25) is 4.79 Å². The topological polar surface area (TPSA) is 46.6 Å². The van der Waals surface area contributed by atoms with E-state index in [4.69, 9.17) is 4.74 Å². The van der Waals surface area contributed by atoms with Crippen LogP contribution in [0, 0.1) is 6.92 Å². The zero-order valence-corrected chi connectivity index (χ0v) is 16.4. The highest BCUT2D eigenvalue weighted by Crippen LogP contribution is 2.37. The first-order chi connectivity index (χ1) is 12.5. The van der Waals surface area contributed by atoms with E-state index in [1.54, 1.807) is 34.1 Å². The molecule has 0 N–H and O–H groups in total. The average Bonchev–Trinajstić information content (AvgIpc) is 2.96. The first-order valence-electron chi connectivity index (χ1n) is 8.50. The molecule has 6 heteroatoms. The van der Waals surface area contributed by atoms with Crippen LogP contribution in [0.5, 0.6) is 0 Å². The number of para-hydroxylation sites is 1. The van der Waals surface area contributed by atoms with Crippen molar-refractivity contribution < 1.29 is 14.3 Å². The maximum Gasteiger partial charge on any atom is 0.331 e. The van der Waals surface area contributed by atoms with Crippen LogP contribution in [0.3, 0.4) is 0 Å². The molecule has 0 radical (unpaired) electrons. The third-order valence-electron chi connectivity index (χ3n) is 4.03. The normalized spacial score (nSPS) is 17.0. The number of benzene rings is 1. The van der Waals surface area contributed by atoms with Crippen LogP contribution in [0.2, 0.25) is 0 Å². The van der Waals surface area contributed by atoms with Crippen molar-refractivity contribution in [1.82, 2.24) is 0 Å². The molecule has 1 atom stereocenters. The van der Waals surface area contributed by atoms with E-state index in [-0.39, 0.29) is 12.5 Å². The summed E-state index contributed by atoms with van der Waals surface area (Å²) in [7, 11) is 0. The van der Waals surface area contributed by atoms with Crippen molar-refractivity contribution in [2.24, 2.45) is 0 Å². The predicted octanol–water partition coefficient (Wildman–Crippen LogP) is 4.53. The van der Waals surface area contributed by atoms with Gasteiger partial charge in [0.15, 0.2) is 6.61 Å². The van der Waals surface area contributed by atoms with Crippen molar-refractivity contribution in [1.29, 1.82) is 0 Å². The molecule has 26 heavy (non-hydrogen) atoms. The Balaban J connectivity index is 1.61. The second-order valence-electron chi connectivity index (χ2n) is 6.12. The SMILES string of the molecule is Cc1ccc(/C=C/C(=O)OCC(=O)N2CCC(C)Sc3ccccc32)s1. The smallest absolute Gasteiger partial charge is 0.331 e. The van der Waals surface area contributed by atoms with Crippen LogP contribution in [-0.2, 0) is 14.3 Å². The fourth-order valence-electron chi connectivity index (χ4n) is 2.70. The van der Waals surface area contributed by atoms with E-state index in [1.807, 2.05) is 43.3 Å². The Morgan fingerprint density at radius 2 is 2.08 bits per heavy atom. The number of nitrogens with zero attached hydrogens (tertiary/aromatic N) is 1. The lowest BCUT2D eigenvalue weighted by Gasteiger charge is -2.22. The van der Waals surface area contributed by atoms with Crippen molar-refractivity contribution in [3.8, 4) is 0 Å². The third-order valence-corrected chi connectivity index (χ3v) is 6.23. The van der Waals surface area contributed by atoms with E-state index in [9.17, 15) is 9.59 Å². The molecule has 0 bridgehead atoms. The fourth-order valence-corrected chi connectivity index (χ4v) is 4.59. The van der Waals surface area contributed by atoms with Crippen LogP contribution in [0.15, 0.2) is 47.4 Å². The summed E-state index contributed by atoms with van der Waals surface area (Å²) in [5.74, 6) is -0.698. The molecule has 2 aromatic rings. The van der Waals surface area contributed by atoms with Crippen molar-refractivity contribution >= 4 is 46.7 Å².